The number of nitriles is 1. The molecule has 0 atom stereocenters. The van der Waals surface area contributed by atoms with Crippen molar-refractivity contribution in [2.24, 2.45) is 11.8 Å². The van der Waals surface area contributed by atoms with Crippen molar-refractivity contribution in [1.29, 1.82) is 5.26 Å². The third-order valence-electron chi connectivity index (χ3n) is 5.28. The molecule has 1 aliphatic carbocycles. The van der Waals surface area contributed by atoms with Crippen LogP contribution in [0, 0.1) is 29.0 Å². The number of allylic oxidation sites excluding steroid dienone is 1. The van der Waals surface area contributed by atoms with E-state index in [1.54, 1.807) is 12.1 Å². The zero-order valence-corrected chi connectivity index (χ0v) is 14.3. The Morgan fingerprint density at radius 1 is 1.08 bits per heavy atom. The van der Waals surface area contributed by atoms with E-state index in [2.05, 4.69) is 0 Å². The van der Waals surface area contributed by atoms with Crippen LogP contribution in [0.3, 0.4) is 0 Å². The Bertz CT molecular complexity index is 566. The van der Waals surface area contributed by atoms with Crippen molar-refractivity contribution in [3.63, 3.8) is 0 Å². The summed E-state index contributed by atoms with van der Waals surface area (Å²) >= 11 is 0. The normalized spacial score (nSPS) is 21.0. The van der Waals surface area contributed by atoms with E-state index in [1.165, 1.54) is 44.6 Å². The highest BCUT2D eigenvalue weighted by Crippen LogP contribution is 2.34. The van der Waals surface area contributed by atoms with Crippen molar-refractivity contribution in [2.45, 2.75) is 64.2 Å². The summed E-state index contributed by atoms with van der Waals surface area (Å²) in [5, 5.41) is 8.76. The van der Waals surface area contributed by atoms with Gasteiger partial charge in [-0.25, -0.2) is 8.78 Å². The van der Waals surface area contributed by atoms with Gasteiger partial charge in [0.25, 0.3) is 0 Å². The van der Waals surface area contributed by atoms with Gasteiger partial charge in [-0.3, -0.25) is 0 Å². The number of hydrogen-bond donors (Lipinski definition) is 0. The molecule has 1 fully saturated rings. The van der Waals surface area contributed by atoms with Gasteiger partial charge in [0.1, 0.15) is 11.9 Å². The Morgan fingerprint density at radius 2 is 1.79 bits per heavy atom. The molecule has 0 aromatic heterocycles. The van der Waals surface area contributed by atoms with Crippen LogP contribution in [0.15, 0.2) is 30.6 Å². The van der Waals surface area contributed by atoms with E-state index in [9.17, 15) is 8.78 Å². The van der Waals surface area contributed by atoms with Gasteiger partial charge in [0.2, 0.25) is 0 Å². The quantitative estimate of drug-likeness (QED) is 0.500. The molecule has 3 heteroatoms. The highest BCUT2D eigenvalue weighted by atomic mass is 19.1. The largest absolute Gasteiger partial charge is 0.216 e. The first kappa shape index (κ1) is 18.6. The molecular weight excluding hydrogens is 304 g/mol. The SMILES string of the molecule is N#Cc1ccc(CCC2CCC(CCCCC=CF)CC2)cc1F. The molecule has 0 unspecified atom stereocenters. The molecule has 2 rings (SSSR count). The van der Waals surface area contributed by atoms with Crippen LogP contribution in [-0.2, 0) is 6.42 Å². The van der Waals surface area contributed by atoms with Crippen LogP contribution < -0.4 is 0 Å². The Labute approximate surface area is 144 Å². The molecule has 1 saturated carbocycles. The molecular formula is C21H27F2N. The standard InChI is InChI=1S/C21H27F2N/c22-14-4-2-1-3-5-17-6-8-18(9-7-17)10-11-19-12-13-20(16-24)21(23)15-19/h4,12-15,17-18H,1-3,5-11H2. The predicted molar refractivity (Wildman–Crippen MR) is 93.6 cm³/mol. The summed E-state index contributed by atoms with van der Waals surface area (Å²) in [6.07, 6.45) is 13.8. The predicted octanol–water partition coefficient (Wildman–Crippen LogP) is 6.48. The summed E-state index contributed by atoms with van der Waals surface area (Å²) in [6, 6.07) is 6.83. The molecule has 0 N–H and O–H groups in total. The lowest BCUT2D eigenvalue weighted by molar-refractivity contribution is 0.249. The average molecular weight is 331 g/mol. The third kappa shape index (κ3) is 6.07. The highest BCUT2D eigenvalue weighted by Gasteiger charge is 2.20. The minimum atomic E-state index is -0.402. The van der Waals surface area contributed by atoms with E-state index in [1.807, 2.05) is 12.1 Å². The second kappa shape index (κ2) is 10.2. The van der Waals surface area contributed by atoms with Crippen LogP contribution >= 0.6 is 0 Å². The fourth-order valence-electron chi connectivity index (χ4n) is 3.74. The maximum atomic E-state index is 13.6. The van der Waals surface area contributed by atoms with E-state index in [-0.39, 0.29) is 5.56 Å². The van der Waals surface area contributed by atoms with Crippen LogP contribution in [0.1, 0.15) is 68.9 Å². The van der Waals surface area contributed by atoms with Crippen molar-refractivity contribution >= 4 is 0 Å². The van der Waals surface area contributed by atoms with Crippen molar-refractivity contribution in [3.8, 4) is 6.07 Å². The minimum absolute atomic E-state index is 0.126. The lowest BCUT2D eigenvalue weighted by Crippen LogP contribution is -2.15. The first-order valence-electron chi connectivity index (χ1n) is 9.16. The molecule has 0 spiro atoms. The van der Waals surface area contributed by atoms with E-state index in [0.29, 0.717) is 6.33 Å². The zero-order chi connectivity index (χ0) is 17.2. The van der Waals surface area contributed by atoms with E-state index in [0.717, 1.165) is 43.1 Å². The summed E-state index contributed by atoms with van der Waals surface area (Å²) < 4.78 is 25.5. The molecule has 24 heavy (non-hydrogen) atoms. The van der Waals surface area contributed by atoms with Crippen LogP contribution in [-0.4, -0.2) is 0 Å². The summed E-state index contributed by atoms with van der Waals surface area (Å²) in [4.78, 5) is 0. The van der Waals surface area contributed by atoms with Gasteiger partial charge in [0.05, 0.1) is 11.9 Å². The monoisotopic (exact) mass is 331 g/mol. The number of halogens is 2. The molecule has 0 bridgehead atoms. The maximum Gasteiger partial charge on any atom is 0.141 e. The number of nitrogens with zero attached hydrogens (tertiary/aromatic N) is 1. The average Bonchev–Trinajstić information content (AvgIpc) is 2.61. The first-order valence-corrected chi connectivity index (χ1v) is 9.16. The lowest BCUT2D eigenvalue weighted by Gasteiger charge is -2.28. The second-order valence-electron chi connectivity index (χ2n) is 7.00. The van der Waals surface area contributed by atoms with Gasteiger partial charge in [0.15, 0.2) is 0 Å². The van der Waals surface area contributed by atoms with E-state index < -0.39 is 5.82 Å². The second-order valence-corrected chi connectivity index (χ2v) is 7.00. The van der Waals surface area contributed by atoms with Crippen LogP contribution in [0.2, 0.25) is 0 Å². The topological polar surface area (TPSA) is 23.8 Å². The molecule has 0 amide bonds. The summed E-state index contributed by atoms with van der Waals surface area (Å²) in [6.45, 7) is 0. The molecule has 1 aromatic carbocycles. The van der Waals surface area contributed by atoms with Gasteiger partial charge in [0, 0.05) is 0 Å². The fourth-order valence-corrected chi connectivity index (χ4v) is 3.74. The first-order chi connectivity index (χ1) is 11.7. The number of aryl methyl sites for hydroxylation is 1. The zero-order valence-electron chi connectivity index (χ0n) is 14.3. The molecule has 0 heterocycles. The third-order valence-corrected chi connectivity index (χ3v) is 5.28. The van der Waals surface area contributed by atoms with Gasteiger partial charge >= 0.3 is 0 Å². The molecule has 1 aliphatic rings. The van der Waals surface area contributed by atoms with Crippen molar-refractivity contribution in [3.05, 3.63) is 47.5 Å². The minimum Gasteiger partial charge on any atom is -0.216 e. The summed E-state index contributed by atoms with van der Waals surface area (Å²) in [5.41, 5.74) is 1.12. The summed E-state index contributed by atoms with van der Waals surface area (Å²) in [5.74, 6) is 1.18. The van der Waals surface area contributed by atoms with Crippen molar-refractivity contribution in [1.82, 2.24) is 0 Å². The maximum absolute atomic E-state index is 13.6. The summed E-state index contributed by atoms with van der Waals surface area (Å²) in [7, 11) is 0. The Morgan fingerprint density at radius 3 is 2.42 bits per heavy atom. The van der Waals surface area contributed by atoms with Crippen LogP contribution in [0.5, 0.6) is 0 Å². The molecule has 1 aromatic rings. The van der Waals surface area contributed by atoms with Crippen molar-refractivity contribution < 1.29 is 8.78 Å². The van der Waals surface area contributed by atoms with Gasteiger partial charge < -0.3 is 0 Å². The Kier molecular flexibility index (Phi) is 7.95. The van der Waals surface area contributed by atoms with Crippen LogP contribution in [0.4, 0.5) is 8.78 Å². The van der Waals surface area contributed by atoms with Gasteiger partial charge in [-0.2, -0.15) is 5.26 Å². The molecule has 130 valence electrons. The molecule has 0 radical (unpaired) electrons. The Hall–Kier alpha value is -1.69. The van der Waals surface area contributed by atoms with Crippen LogP contribution in [0.25, 0.3) is 0 Å². The highest BCUT2D eigenvalue weighted by molar-refractivity contribution is 5.33. The number of unbranched alkanes of at least 4 members (excludes halogenated alkanes) is 2. The van der Waals surface area contributed by atoms with Gasteiger partial charge in [-0.05, 0) is 55.2 Å². The smallest absolute Gasteiger partial charge is 0.141 e. The lowest BCUT2D eigenvalue weighted by atomic mass is 9.78. The molecule has 1 nitrogen and oxygen atoms in total. The van der Waals surface area contributed by atoms with Crippen molar-refractivity contribution in [2.75, 3.05) is 0 Å². The van der Waals surface area contributed by atoms with Gasteiger partial charge in [-0.1, -0.05) is 50.7 Å². The number of hydrogen-bond acceptors (Lipinski definition) is 1. The fraction of sp³-hybridized carbons (Fsp3) is 0.571. The van der Waals surface area contributed by atoms with E-state index >= 15 is 0 Å². The van der Waals surface area contributed by atoms with E-state index in [4.69, 9.17) is 5.26 Å². The number of benzene rings is 1. The number of rotatable bonds is 8. The molecule has 0 saturated heterocycles. The Balaban J connectivity index is 1.64. The van der Waals surface area contributed by atoms with Gasteiger partial charge in [-0.15, -0.1) is 0 Å². The molecule has 0 aliphatic heterocycles.